The molecule has 1 amide bonds. The number of hydrogen-bond acceptors (Lipinski definition) is 10. The van der Waals surface area contributed by atoms with E-state index in [1.807, 2.05) is 17.2 Å². The van der Waals surface area contributed by atoms with Gasteiger partial charge in [0.25, 0.3) is 11.8 Å². The predicted molar refractivity (Wildman–Crippen MR) is 171 cm³/mol. The second-order valence-electron chi connectivity index (χ2n) is 14.3. The van der Waals surface area contributed by atoms with Crippen LogP contribution in [0.5, 0.6) is 17.4 Å². The molecule has 3 aliphatic heterocycles. The van der Waals surface area contributed by atoms with Crippen LogP contribution in [0.25, 0.3) is 0 Å². The number of pyridine rings is 1. The van der Waals surface area contributed by atoms with Gasteiger partial charge in [0.2, 0.25) is 0 Å². The van der Waals surface area contributed by atoms with Gasteiger partial charge in [-0.3, -0.25) is 14.7 Å². The average Bonchev–Trinajstić information content (AvgIpc) is 3.00. The first-order chi connectivity index (χ1) is 23.3. The molecule has 0 unspecified atom stereocenters. The molecule has 3 fully saturated rings. The molecule has 7 rings (SSSR count). The molecule has 15 heteroatoms. The number of carbonyl (C=O) groups is 1. The van der Waals surface area contributed by atoms with Crippen molar-refractivity contribution in [1.29, 1.82) is 0 Å². The quantitative estimate of drug-likeness (QED) is 0.283. The number of nitrogens with zero attached hydrogens (tertiary/aromatic N) is 8. The molecule has 1 aromatic carbocycles. The number of halogens is 4. The summed E-state index contributed by atoms with van der Waals surface area (Å²) in [6.07, 6.45) is 1.22. The molecule has 1 spiro atoms. The van der Waals surface area contributed by atoms with E-state index in [1.54, 1.807) is 0 Å². The number of aromatic nitrogens is 4. The Morgan fingerprint density at radius 3 is 2.61 bits per heavy atom. The van der Waals surface area contributed by atoms with Crippen molar-refractivity contribution in [2.45, 2.75) is 58.0 Å². The van der Waals surface area contributed by atoms with E-state index in [4.69, 9.17) is 9.47 Å². The van der Waals surface area contributed by atoms with Gasteiger partial charge in [-0.1, -0.05) is 0 Å². The molecule has 1 aliphatic carbocycles. The summed E-state index contributed by atoms with van der Waals surface area (Å²) < 4.78 is 66.6. The van der Waals surface area contributed by atoms with E-state index >= 15 is 0 Å². The first-order valence-corrected chi connectivity index (χ1v) is 16.7. The molecule has 49 heavy (non-hydrogen) atoms. The van der Waals surface area contributed by atoms with Crippen LogP contribution in [0.1, 0.15) is 48.3 Å². The number of benzene rings is 1. The predicted octanol–water partition coefficient (Wildman–Crippen LogP) is 4.58. The van der Waals surface area contributed by atoms with Gasteiger partial charge in [-0.05, 0) is 63.9 Å². The number of alkyl halides is 3. The van der Waals surface area contributed by atoms with E-state index in [9.17, 15) is 22.4 Å². The minimum absolute atomic E-state index is 0.0291. The van der Waals surface area contributed by atoms with Crippen molar-refractivity contribution >= 4 is 11.7 Å². The van der Waals surface area contributed by atoms with E-state index in [1.165, 1.54) is 31.8 Å². The van der Waals surface area contributed by atoms with Gasteiger partial charge in [0.05, 0.1) is 5.56 Å². The molecule has 2 aromatic heterocycles. The Morgan fingerprint density at radius 1 is 1.12 bits per heavy atom. The van der Waals surface area contributed by atoms with Gasteiger partial charge < -0.3 is 24.2 Å². The molecule has 0 atom stereocenters. The van der Waals surface area contributed by atoms with Crippen LogP contribution < -0.4 is 14.4 Å². The first kappa shape index (κ1) is 33.4. The lowest BCUT2D eigenvalue weighted by Crippen LogP contribution is -2.65. The maximum absolute atomic E-state index is 14.3. The summed E-state index contributed by atoms with van der Waals surface area (Å²) in [6, 6.07) is 4.30. The molecule has 2 saturated heterocycles. The molecule has 3 aromatic rings. The number of rotatable bonds is 10. The third-order valence-electron chi connectivity index (χ3n) is 9.96. The van der Waals surface area contributed by atoms with Crippen LogP contribution in [-0.4, -0.2) is 112 Å². The lowest BCUT2D eigenvalue weighted by molar-refractivity contribution is -0.143. The van der Waals surface area contributed by atoms with E-state index in [0.29, 0.717) is 23.8 Å². The van der Waals surface area contributed by atoms with Crippen LogP contribution >= 0.6 is 0 Å². The number of hydrogen-bond donors (Lipinski definition) is 0. The van der Waals surface area contributed by atoms with Crippen molar-refractivity contribution in [3.8, 4) is 17.4 Å². The van der Waals surface area contributed by atoms with Crippen LogP contribution in [0, 0.1) is 17.2 Å². The summed E-state index contributed by atoms with van der Waals surface area (Å²) in [7, 11) is 2.16. The van der Waals surface area contributed by atoms with Gasteiger partial charge in [0.15, 0.2) is 5.82 Å². The van der Waals surface area contributed by atoms with Crippen molar-refractivity contribution < 1.29 is 31.8 Å². The van der Waals surface area contributed by atoms with Gasteiger partial charge in [-0.2, -0.15) is 13.2 Å². The number of carbonyl (C=O) groups excluding carboxylic acids is 1. The fourth-order valence-corrected chi connectivity index (χ4v) is 7.62. The van der Waals surface area contributed by atoms with Crippen LogP contribution in [-0.2, 0) is 13.0 Å². The molecule has 4 aliphatic rings. The summed E-state index contributed by atoms with van der Waals surface area (Å²) >= 11 is 0. The van der Waals surface area contributed by atoms with Crippen LogP contribution in [0.15, 0.2) is 36.8 Å². The third-order valence-corrected chi connectivity index (χ3v) is 9.96. The Kier molecular flexibility index (Phi) is 8.84. The Bertz CT molecular complexity index is 1690. The molecular weight excluding hydrogens is 644 g/mol. The first-order valence-electron chi connectivity index (χ1n) is 16.7. The molecule has 5 heterocycles. The minimum atomic E-state index is -4.64. The zero-order valence-electron chi connectivity index (χ0n) is 27.8. The number of ether oxygens (including phenoxy) is 2. The third kappa shape index (κ3) is 7.14. The minimum Gasteiger partial charge on any atom is -0.490 e. The molecule has 1 saturated carbocycles. The summed E-state index contributed by atoms with van der Waals surface area (Å²) in [4.78, 5) is 29.7. The monoisotopic (exact) mass is 684 g/mol. The molecule has 0 radical (unpaired) electrons. The number of amides is 1. The molecule has 262 valence electrons. The number of fused-ring (bicyclic) bond motifs is 1. The van der Waals surface area contributed by atoms with Crippen molar-refractivity contribution in [2.75, 3.05) is 57.8 Å². The maximum atomic E-state index is 14.3. The van der Waals surface area contributed by atoms with Gasteiger partial charge in [-0.25, -0.2) is 9.37 Å². The normalized spacial score (nSPS) is 19.6. The molecule has 0 bridgehead atoms. The fourth-order valence-electron chi connectivity index (χ4n) is 7.62. The molecular formula is C34H40F4N8O3. The second-order valence-corrected chi connectivity index (χ2v) is 14.3. The lowest BCUT2D eigenvalue weighted by Gasteiger charge is -2.58. The zero-order valence-corrected chi connectivity index (χ0v) is 27.8. The lowest BCUT2D eigenvalue weighted by atomic mass is 9.61. The second kappa shape index (κ2) is 13.0. The highest BCUT2D eigenvalue weighted by molar-refractivity contribution is 5.97. The zero-order chi connectivity index (χ0) is 34.5. The van der Waals surface area contributed by atoms with Crippen LogP contribution in [0.2, 0.25) is 0 Å². The number of likely N-dealkylation sites (tertiary alicyclic amines) is 1. The topological polar surface area (TPSA) is 100 Å². The van der Waals surface area contributed by atoms with Crippen molar-refractivity contribution in [2.24, 2.45) is 11.3 Å². The van der Waals surface area contributed by atoms with Crippen LogP contribution in [0.3, 0.4) is 0 Å². The Labute approximate surface area is 282 Å². The standard InChI is InChI=1S/C34H40F4N8O3/c1-21(2)46(19-34(36,37)38)32(47)25-10-23(35)4-5-28(25)49-31-30(40-20-41-42-31)45-17-33(18-45)11-24(12-33)48-29-6-8-39-27-7-9-44(16-26(27)29)15-22-13-43(3)14-22/h4-6,8,10,20-22,24H,7,9,11-19H2,1-3H3. The largest absolute Gasteiger partial charge is 0.490 e. The fraction of sp³-hybridized carbons (Fsp3) is 0.559. The molecule has 0 N–H and O–H groups in total. The summed E-state index contributed by atoms with van der Waals surface area (Å²) in [5.74, 6) is 0.0377. The van der Waals surface area contributed by atoms with Gasteiger partial charge in [0, 0.05) is 81.1 Å². The van der Waals surface area contributed by atoms with Crippen LogP contribution in [0.4, 0.5) is 23.4 Å². The molecule has 11 nitrogen and oxygen atoms in total. The Balaban J connectivity index is 0.988. The van der Waals surface area contributed by atoms with E-state index in [2.05, 4.69) is 37.0 Å². The van der Waals surface area contributed by atoms with E-state index < -0.39 is 30.5 Å². The van der Waals surface area contributed by atoms with Gasteiger partial charge in [0.1, 0.15) is 36.3 Å². The summed E-state index contributed by atoms with van der Waals surface area (Å²) in [6.45, 7) is 8.02. The average molecular weight is 685 g/mol. The summed E-state index contributed by atoms with van der Waals surface area (Å²) in [5.41, 5.74) is 2.00. The Morgan fingerprint density at radius 2 is 1.90 bits per heavy atom. The highest BCUT2D eigenvalue weighted by Gasteiger charge is 2.54. The highest BCUT2D eigenvalue weighted by atomic mass is 19.4. The van der Waals surface area contributed by atoms with Gasteiger partial charge in [-0.15, -0.1) is 10.2 Å². The van der Waals surface area contributed by atoms with E-state index in [0.717, 1.165) is 81.5 Å². The summed E-state index contributed by atoms with van der Waals surface area (Å²) in [5, 5.41) is 7.89. The SMILES string of the molecule is CC(C)N(CC(F)(F)F)C(=O)c1cc(F)ccc1Oc1nncnc1N1CC2(CC(Oc3ccnc4c3CN(CC3CN(C)C3)CC4)C2)C1. The Hall–Kier alpha value is -4.11. The van der Waals surface area contributed by atoms with E-state index in [-0.39, 0.29) is 28.7 Å². The maximum Gasteiger partial charge on any atom is 0.406 e. The van der Waals surface area contributed by atoms with Gasteiger partial charge >= 0.3 is 6.18 Å². The number of anilines is 1. The smallest absolute Gasteiger partial charge is 0.406 e. The van der Waals surface area contributed by atoms with Crippen molar-refractivity contribution in [1.82, 2.24) is 34.9 Å². The van der Waals surface area contributed by atoms with Crippen molar-refractivity contribution in [3.63, 3.8) is 0 Å². The highest BCUT2D eigenvalue weighted by Crippen LogP contribution is 2.52. The van der Waals surface area contributed by atoms with Crippen molar-refractivity contribution in [3.05, 3.63) is 59.4 Å².